The van der Waals surface area contributed by atoms with E-state index in [0.29, 0.717) is 6.61 Å². The maximum absolute atomic E-state index is 9.69. The third-order valence-electron chi connectivity index (χ3n) is 3.37. The van der Waals surface area contributed by atoms with E-state index in [-0.39, 0.29) is 5.54 Å². The van der Waals surface area contributed by atoms with Crippen LogP contribution in [0.4, 0.5) is 0 Å². The van der Waals surface area contributed by atoms with Gasteiger partial charge in [-0.25, -0.2) is 0 Å². The van der Waals surface area contributed by atoms with Gasteiger partial charge in [0, 0.05) is 5.75 Å². The SMILES string of the molecule is CCCCSCC(CO)(NCCC)C1CC1. The van der Waals surface area contributed by atoms with Crippen molar-refractivity contribution in [2.24, 2.45) is 5.92 Å². The molecule has 16 heavy (non-hydrogen) atoms. The minimum absolute atomic E-state index is 0.0222. The topological polar surface area (TPSA) is 32.3 Å². The van der Waals surface area contributed by atoms with E-state index in [2.05, 4.69) is 19.2 Å². The predicted molar refractivity (Wildman–Crippen MR) is 73.1 cm³/mol. The van der Waals surface area contributed by atoms with Crippen molar-refractivity contribution in [2.45, 2.75) is 51.5 Å². The molecule has 0 amide bonds. The number of unbranched alkanes of at least 4 members (excludes halogenated alkanes) is 1. The van der Waals surface area contributed by atoms with Crippen LogP contribution in [0, 0.1) is 5.92 Å². The molecule has 0 aliphatic heterocycles. The Morgan fingerprint density at radius 2 is 2.06 bits per heavy atom. The zero-order valence-electron chi connectivity index (χ0n) is 10.8. The van der Waals surface area contributed by atoms with Crippen LogP contribution in [0.25, 0.3) is 0 Å². The number of aliphatic hydroxyl groups excluding tert-OH is 1. The standard InChI is InChI=1S/C13H27NOS/c1-3-5-9-16-11-13(10-15,12-6-7-12)14-8-4-2/h12,14-15H,3-11H2,1-2H3. The maximum atomic E-state index is 9.69. The van der Waals surface area contributed by atoms with Gasteiger partial charge in [-0.2, -0.15) is 11.8 Å². The van der Waals surface area contributed by atoms with E-state index in [1.54, 1.807) is 0 Å². The van der Waals surface area contributed by atoms with Crippen molar-refractivity contribution in [1.82, 2.24) is 5.32 Å². The molecule has 0 bridgehead atoms. The Hall–Kier alpha value is 0.270. The number of aliphatic hydroxyl groups is 1. The third kappa shape index (κ3) is 4.27. The fourth-order valence-corrected chi connectivity index (χ4v) is 3.48. The van der Waals surface area contributed by atoms with E-state index < -0.39 is 0 Å². The van der Waals surface area contributed by atoms with Crippen molar-refractivity contribution in [2.75, 3.05) is 24.7 Å². The molecule has 1 saturated carbocycles. The van der Waals surface area contributed by atoms with Gasteiger partial charge in [0.1, 0.15) is 0 Å². The van der Waals surface area contributed by atoms with Crippen LogP contribution in [0.1, 0.15) is 46.0 Å². The number of rotatable bonds is 10. The first-order valence-electron chi connectivity index (χ1n) is 6.72. The lowest BCUT2D eigenvalue weighted by atomic mass is 9.96. The highest BCUT2D eigenvalue weighted by molar-refractivity contribution is 7.99. The Labute approximate surface area is 105 Å². The van der Waals surface area contributed by atoms with Crippen LogP contribution in [0.3, 0.4) is 0 Å². The molecule has 1 aliphatic carbocycles. The molecule has 2 nitrogen and oxygen atoms in total. The Morgan fingerprint density at radius 1 is 1.31 bits per heavy atom. The van der Waals surface area contributed by atoms with Crippen LogP contribution >= 0.6 is 11.8 Å². The Balaban J connectivity index is 2.35. The van der Waals surface area contributed by atoms with Gasteiger partial charge in [-0.15, -0.1) is 0 Å². The molecule has 1 fully saturated rings. The molecule has 3 heteroatoms. The van der Waals surface area contributed by atoms with E-state index in [1.165, 1.54) is 31.4 Å². The highest BCUT2D eigenvalue weighted by Crippen LogP contribution is 2.41. The smallest absolute Gasteiger partial charge is 0.0624 e. The van der Waals surface area contributed by atoms with Crippen LogP contribution in [0.2, 0.25) is 0 Å². The summed E-state index contributed by atoms with van der Waals surface area (Å²) in [6, 6.07) is 0. The second kappa shape index (κ2) is 7.57. The van der Waals surface area contributed by atoms with Crippen molar-refractivity contribution < 1.29 is 5.11 Å². The van der Waals surface area contributed by atoms with Crippen LogP contribution < -0.4 is 5.32 Å². The molecule has 96 valence electrons. The van der Waals surface area contributed by atoms with E-state index in [9.17, 15) is 5.11 Å². The first kappa shape index (κ1) is 14.3. The number of thioether (sulfide) groups is 1. The van der Waals surface area contributed by atoms with Gasteiger partial charge in [0.25, 0.3) is 0 Å². The first-order chi connectivity index (χ1) is 7.79. The van der Waals surface area contributed by atoms with Gasteiger partial charge < -0.3 is 10.4 Å². The van der Waals surface area contributed by atoms with E-state index in [4.69, 9.17) is 0 Å². The summed E-state index contributed by atoms with van der Waals surface area (Å²) in [7, 11) is 0. The number of hydrogen-bond acceptors (Lipinski definition) is 3. The molecule has 1 aliphatic rings. The molecule has 0 heterocycles. The summed E-state index contributed by atoms with van der Waals surface area (Å²) in [5.74, 6) is 3.03. The van der Waals surface area contributed by atoms with Gasteiger partial charge >= 0.3 is 0 Å². The minimum Gasteiger partial charge on any atom is -0.394 e. The van der Waals surface area contributed by atoms with Crippen molar-refractivity contribution >= 4 is 11.8 Å². The second-order valence-corrected chi connectivity index (χ2v) is 6.03. The quantitative estimate of drug-likeness (QED) is 0.580. The lowest BCUT2D eigenvalue weighted by Gasteiger charge is -2.33. The molecule has 0 saturated heterocycles. The molecule has 0 aromatic heterocycles. The average molecular weight is 245 g/mol. The summed E-state index contributed by atoms with van der Waals surface area (Å²) >= 11 is 2.01. The lowest BCUT2D eigenvalue weighted by Crippen LogP contribution is -2.53. The summed E-state index contributed by atoms with van der Waals surface area (Å²) in [6.45, 7) is 5.75. The molecule has 0 aromatic carbocycles. The van der Waals surface area contributed by atoms with E-state index in [1.807, 2.05) is 11.8 Å². The van der Waals surface area contributed by atoms with Crippen LogP contribution in [0.15, 0.2) is 0 Å². The molecular formula is C13H27NOS. The Kier molecular flexibility index (Phi) is 6.78. The number of hydrogen-bond donors (Lipinski definition) is 2. The first-order valence-corrected chi connectivity index (χ1v) is 7.88. The molecular weight excluding hydrogens is 218 g/mol. The molecule has 1 rings (SSSR count). The second-order valence-electron chi connectivity index (χ2n) is 4.92. The van der Waals surface area contributed by atoms with Crippen LogP contribution in [-0.2, 0) is 0 Å². The summed E-state index contributed by atoms with van der Waals surface area (Å²) in [4.78, 5) is 0. The van der Waals surface area contributed by atoms with Gasteiger partial charge in [0.2, 0.25) is 0 Å². The number of nitrogens with one attached hydrogen (secondary N) is 1. The zero-order chi connectivity index (χ0) is 11.9. The molecule has 1 unspecified atom stereocenters. The molecule has 0 spiro atoms. The fraction of sp³-hybridized carbons (Fsp3) is 1.00. The van der Waals surface area contributed by atoms with Gasteiger partial charge in [-0.3, -0.25) is 0 Å². The normalized spacial score (nSPS) is 19.7. The van der Waals surface area contributed by atoms with Gasteiger partial charge in [-0.1, -0.05) is 20.3 Å². The zero-order valence-corrected chi connectivity index (χ0v) is 11.6. The summed E-state index contributed by atoms with van der Waals surface area (Å²) < 4.78 is 0. The highest BCUT2D eigenvalue weighted by atomic mass is 32.2. The van der Waals surface area contributed by atoms with Crippen molar-refractivity contribution in [1.29, 1.82) is 0 Å². The van der Waals surface area contributed by atoms with Crippen molar-refractivity contribution in [3.05, 3.63) is 0 Å². The Bertz CT molecular complexity index is 185. The van der Waals surface area contributed by atoms with Gasteiger partial charge in [0.15, 0.2) is 0 Å². The largest absolute Gasteiger partial charge is 0.394 e. The van der Waals surface area contributed by atoms with Gasteiger partial charge in [-0.05, 0) is 43.9 Å². The molecule has 0 aromatic rings. The van der Waals surface area contributed by atoms with E-state index in [0.717, 1.165) is 24.6 Å². The molecule has 0 radical (unpaired) electrons. The highest BCUT2D eigenvalue weighted by Gasteiger charge is 2.44. The molecule has 1 atom stereocenters. The fourth-order valence-electron chi connectivity index (χ4n) is 2.05. The van der Waals surface area contributed by atoms with Gasteiger partial charge in [0.05, 0.1) is 12.1 Å². The summed E-state index contributed by atoms with van der Waals surface area (Å²) in [5, 5.41) is 13.3. The maximum Gasteiger partial charge on any atom is 0.0624 e. The van der Waals surface area contributed by atoms with Crippen LogP contribution in [0.5, 0.6) is 0 Å². The summed E-state index contributed by atoms with van der Waals surface area (Å²) in [5.41, 5.74) is 0.0222. The Morgan fingerprint density at radius 3 is 2.56 bits per heavy atom. The van der Waals surface area contributed by atoms with E-state index >= 15 is 0 Å². The lowest BCUT2D eigenvalue weighted by molar-refractivity contribution is 0.159. The predicted octanol–water partition coefficient (Wildman–Crippen LogP) is 2.66. The molecule has 2 N–H and O–H groups in total. The summed E-state index contributed by atoms with van der Waals surface area (Å²) in [6.07, 6.45) is 6.31. The minimum atomic E-state index is 0.0222. The van der Waals surface area contributed by atoms with Crippen LogP contribution in [-0.4, -0.2) is 35.3 Å². The van der Waals surface area contributed by atoms with Crippen molar-refractivity contribution in [3.8, 4) is 0 Å². The third-order valence-corrected chi connectivity index (χ3v) is 4.67. The van der Waals surface area contributed by atoms with Crippen molar-refractivity contribution in [3.63, 3.8) is 0 Å². The average Bonchev–Trinajstić information content (AvgIpc) is 3.13. The monoisotopic (exact) mass is 245 g/mol.